The van der Waals surface area contributed by atoms with Crippen LogP contribution in [-0.4, -0.2) is 29.9 Å². The van der Waals surface area contributed by atoms with E-state index in [0.29, 0.717) is 16.9 Å². The summed E-state index contributed by atoms with van der Waals surface area (Å²) >= 11 is 3.33. The number of methoxy groups -OCH3 is 1. The molecule has 8 heteroatoms. The lowest BCUT2D eigenvalue weighted by Crippen LogP contribution is -2.53. The van der Waals surface area contributed by atoms with Crippen molar-refractivity contribution in [1.82, 2.24) is 10.2 Å². The topological polar surface area (TPSA) is 75.7 Å². The SMILES string of the molecule is COc1ccc(Br)cc1C=C1C(=O)NC(=O)N(Cc2ccc(F)cc2)C1=O. The summed E-state index contributed by atoms with van der Waals surface area (Å²) in [5.74, 6) is -1.49. The predicted octanol–water partition coefficient (Wildman–Crippen LogP) is 3.26. The second-order valence-corrected chi connectivity index (χ2v) is 6.64. The Morgan fingerprint density at radius 2 is 1.85 bits per heavy atom. The first-order valence-electron chi connectivity index (χ1n) is 7.86. The second kappa shape index (κ2) is 7.71. The van der Waals surface area contributed by atoms with Crippen molar-refractivity contribution >= 4 is 39.9 Å². The fourth-order valence-electron chi connectivity index (χ4n) is 2.58. The van der Waals surface area contributed by atoms with Crippen LogP contribution in [0.15, 0.2) is 52.5 Å². The van der Waals surface area contributed by atoms with Crippen LogP contribution in [0.3, 0.4) is 0 Å². The largest absolute Gasteiger partial charge is 0.496 e. The average Bonchev–Trinajstić information content (AvgIpc) is 2.64. The van der Waals surface area contributed by atoms with E-state index in [9.17, 15) is 18.8 Å². The predicted molar refractivity (Wildman–Crippen MR) is 99.2 cm³/mol. The van der Waals surface area contributed by atoms with Gasteiger partial charge in [-0.1, -0.05) is 28.1 Å². The van der Waals surface area contributed by atoms with E-state index >= 15 is 0 Å². The first-order valence-corrected chi connectivity index (χ1v) is 8.65. The summed E-state index contributed by atoms with van der Waals surface area (Å²) in [6.07, 6.45) is 1.37. The number of carbonyl (C=O) groups is 3. The van der Waals surface area contributed by atoms with Crippen LogP contribution in [-0.2, 0) is 16.1 Å². The van der Waals surface area contributed by atoms with Crippen LogP contribution in [0.2, 0.25) is 0 Å². The molecule has 2 aromatic rings. The summed E-state index contributed by atoms with van der Waals surface area (Å²) in [7, 11) is 1.47. The lowest BCUT2D eigenvalue weighted by Gasteiger charge is -2.26. The Balaban J connectivity index is 1.95. The average molecular weight is 433 g/mol. The summed E-state index contributed by atoms with van der Waals surface area (Å²) in [5.41, 5.74) is 0.850. The summed E-state index contributed by atoms with van der Waals surface area (Å²) in [6, 6.07) is 9.70. The number of ether oxygens (including phenoxy) is 1. The van der Waals surface area contributed by atoms with E-state index in [0.717, 1.165) is 9.37 Å². The number of carbonyl (C=O) groups excluding carboxylic acids is 3. The summed E-state index contributed by atoms with van der Waals surface area (Å²) in [6.45, 7) is -0.0921. The number of hydrogen-bond donors (Lipinski definition) is 1. The molecule has 0 atom stereocenters. The Morgan fingerprint density at radius 1 is 1.15 bits per heavy atom. The second-order valence-electron chi connectivity index (χ2n) is 5.72. The molecule has 1 heterocycles. The smallest absolute Gasteiger partial charge is 0.331 e. The fourth-order valence-corrected chi connectivity index (χ4v) is 2.96. The molecule has 6 nitrogen and oxygen atoms in total. The third-order valence-corrected chi connectivity index (χ3v) is 4.42. The van der Waals surface area contributed by atoms with Crippen LogP contribution < -0.4 is 10.1 Å². The third-order valence-electron chi connectivity index (χ3n) is 3.93. The van der Waals surface area contributed by atoms with Gasteiger partial charge in [0.2, 0.25) is 0 Å². The highest BCUT2D eigenvalue weighted by Crippen LogP contribution is 2.26. The monoisotopic (exact) mass is 432 g/mol. The number of nitrogens with zero attached hydrogens (tertiary/aromatic N) is 1. The Morgan fingerprint density at radius 3 is 2.52 bits per heavy atom. The lowest BCUT2D eigenvalue weighted by molar-refractivity contribution is -0.130. The quantitative estimate of drug-likeness (QED) is 0.594. The van der Waals surface area contributed by atoms with E-state index in [1.165, 1.54) is 37.5 Å². The number of benzene rings is 2. The van der Waals surface area contributed by atoms with Gasteiger partial charge in [-0.25, -0.2) is 9.18 Å². The van der Waals surface area contributed by atoms with Crippen LogP contribution >= 0.6 is 15.9 Å². The van der Waals surface area contributed by atoms with Gasteiger partial charge in [0.15, 0.2) is 0 Å². The molecule has 1 N–H and O–H groups in total. The van der Waals surface area contributed by atoms with Crippen LogP contribution in [0.4, 0.5) is 9.18 Å². The van der Waals surface area contributed by atoms with Crippen molar-refractivity contribution in [1.29, 1.82) is 0 Å². The first-order chi connectivity index (χ1) is 12.9. The van der Waals surface area contributed by atoms with E-state index in [-0.39, 0.29) is 12.1 Å². The molecular weight excluding hydrogens is 419 g/mol. The molecule has 0 bridgehead atoms. The van der Waals surface area contributed by atoms with E-state index in [1.807, 2.05) is 0 Å². The van der Waals surface area contributed by atoms with E-state index in [4.69, 9.17) is 4.74 Å². The van der Waals surface area contributed by atoms with Gasteiger partial charge < -0.3 is 4.74 Å². The third kappa shape index (κ3) is 4.06. The van der Waals surface area contributed by atoms with Crippen molar-refractivity contribution in [3.05, 3.63) is 69.5 Å². The van der Waals surface area contributed by atoms with E-state index in [2.05, 4.69) is 21.2 Å². The van der Waals surface area contributed by atoms with Crippen LogP contribution in [0, 0.1) is 5.82 Å². The van der Waals surface area contributed by atoms with Crippen LogP contribution in [0.5, 0.6) is 5.75 Å². The molecule has 0 aliphatic carbocycles. The van der Waals surface area contributed by atoms with Gasteiger partial charge in [-0.15, -0.1) is 0 Å². The highest BCUT2D eigenvalue weighted by atomic mass is 79.9. The van der Waals surface area contributed by atoms with E-state index < -0.39 is 23.7 Å². The molecule has 3 rings (SSSR count). The highest BCUT2D eigenvalue weighted by molar-refractivity contribution is 9.10. The van der Waals surface area contributed by atoms with Crippen molar-refractivity contribution in [2.75, 3.05) is 7.11 Å². The normalized spacial score (nSPS) is 15.9. The van der Waals surface area contributed by atoms with Gasteiger partial charge in [0, 0.05) is 10.0 Å². The molecule has 0 unspecified atom stereocenters. The number of imide groups is 2. The minimum absolute atomic E-state index is 0.0921. The molecule has 0 radical (unpaired) electrons. The van der Waals surface area contributed by atoms with Gasteiger partial charge in [-0.05, 0) is 42.0 Å². The zero-order chi connectivity index (χ0) is 19.6. The molecule has 138 valence electrons. The van der Waals surface area contributed by atoms with Crippen molar-refractivity contribution < 1.29 is 23.5 Å². The maximum absolute atomic E-state index is 13.0. The minimum atomic E-state index is -0.826. The molecule has 0 saturated carbocycles. The lowest BCUT2D eigenvalue weighted by atomic mass is 10.1. The Labute approximate surface area is 162 Å². The summed E-state index contributed by atoms with van der Waals surface area (Å²) < 4.78 is 19.0. The van der Waals surface area contributed by atoms with Crippen LogP contribution in [0.25, 0.3) is 6.08 Å². The number of halogens is 2. The van der Waals surface area contributed by atoms with Gasteiger partial charge in [0.05, 0.1) is 13.7 Å². The number of hydrogen-bond acceptors (Lipinski definition) is 4. The first kappa shape index (κ1) is 18.8. The molecule has 1 aliphatic heterocycles. The van der Waals surface area contributed by atoms with Gasteiger partial charge in [0.1, 0.15) is 17.1 Å². The van der Waals surface area contributed by atoms with Crippen LogP contribution in [0.1, 0.15) is 11.1 Å². The number of amides is 4. The Hall–Kier alpha value is -3.00. The zero-order valence-corrected chi connectivity index (χ0v) is 15.7. The molecule has 1 fully saturated rings. The van der Waals surface area contributed by atoms with Gasteiger partial charge in [0.25, 0.3) is 11.8 Å². The maximum Gasteiger partial charge on any atom is 0.331 e. The number of barbiturate groups is 1. The zero-order valence-electron chi connectivity index (χ0n) is 14.2. The van der Waals surface area contributed by atoms with Gasteiger partial charge >= 0.3 is 6.03 Å². The standard InChI is InChI=1S/C19H14BrFN2O4/c1-27-16-7-4-13(20)8-12(16)9-15-17(24)22-19(26)23(18(15)25)10-11-2-5-14(21)6-3-11/h2-9H,10H2,1H3,(H,22,24,26). The molecule has 0 aromatic heterocycles. The number of rotatable bonds is 4. The van der Waals surface area contributed by atoms with Gasteiger partial charge in [-0.3, -0.25) is 19.8 Å². The summed E-state index contributed by atoms with van der Waals surface area (Å²) in [4.78, 5) is 37.9. The molecular formula is C19H14BrFN2O4. The fraction of sp³-hybridized carbons (Fsp3) is 0.105. The molecule has 2 aromatic carbocycles. The van der Waals surface area contributed by atoms with Crippen molar-refractivity contribution in [3.8, 4) is 5.75 Å². The molecule has 4 amide bonds. The van der Waals surface area contributed by atoms with Crippen molar-refractivity contribution in [2.45, 2.75) is 6.54 Å². The van der Waals surface area contributed by atoms with Crippen molar-refractivity contribution in [2.24, 2.45) is 0 Å². The Kier molecular flexibility index (Phi) is 5.36. The molecule has 27 heavy (non-hydrogen) atoms. The van der Waals surface area contributed by atoms with Gasteiger partial charge in [-0.2, -0.15) is 0 Å². The number of urea groups is 1. The summed E-state index contributed by atoms with van der Waals surface area (Å²) in [5, 5.41) is 2.15. The maximum atomic E-state index is 13.0. The molecule has 0 spiro atoms. The molecule has 1 aliphatic rings. The number of nitrogens with one attached hydrogen (secondary N) is 1. The van der Waals surface area contributed by atoms with E-state index in [1.54, 1.807) is 18.2 Å². The van der Waals surface area contributed by atoms with Crippen molar-refractivity contribution in [3.63, 3.8) is 0 Å². The molecule has 1 saturated heterocycles. The highest BCUT2D eigenvalue weighted by Gasteiger charge is 2.35. The Bertz CT molecular complexity index is 957. The minimum Gasteiger partial charge on any atom is -0.496 e.